The molecule has 2 nitrogen and oxygen atoms in total. The van der Waals surface area contributed by atoms with Gasteiger partial charge in [0.1, 0.15) is 30.3 Å². The largest absolute Gasteiger partial charge is 0.620 e. The molecule has 1 saturated heterocycles. The van der Waals surface area contributed by atoms with Gasteiger partial charge in [-0.1, -0.05) is 51.4 Å². The van der Waals surface area contributed by atoms with Crippen molar-refractivity contribution in [3.05, 3.63) is 0 Å². The van der Waals surface area contributed by atoms with Gasteiger partial charge in [-0.05, 0) is 205 Å². The van der Waals surface area contributed by atoms with Crippen molar-refractivity contribution >= 4 is 73.9 Å². The van der Waals surface area contributed by atoms with E-state index in [1.54, 1.807) is 257 Å². The van der Waals surface area contributed by atoms with Crippen molar-refractivity contribution in [2.45, 2.75) is 302 Å². The van der Waals surface area contributed by atoms with Gasteiger partial charge < -0.3 is 8.61 Å². The molecule has 0 radical (unpaired) electrons. The van der Waals surface area contributed by atoms with E-state index in [2.05, 4.69) is 0 Å². The summed E-state index contributed by atoms with van der Waals surface area (Å²) in [6.07, 6.45) is 74.1. The second-order valence-corrected chi connectivity index (χ2v) is 38.2. The van der Waals surface area contributed by atoms with Crippen LogP contribution in [0.25, 0.3) is 0 Å². The maximum absolute atomic E-state index is 1.98. The van der Waals surface area contributed by atoms with Gasteiger partial charge in [0, 0.05) is 71.5 Å². The van der Waals surface area contributed by atoms with Crippen LogP contribution in [0.4, 0.5) is 0 Å². The maximum atomic E-state index is 1.98. The summed E-state index contributed by atoms with van der Waals surface area (Å²) in [5.41, 5.74) is 10.3. The third-order valence-corrected chi connectivity index (χ3v) is 36.6. The van der Waals surface area contributed by atoms with Crippen LogP contribution in [0.5, 0.6) is 0 Å². The molecule has 9 aliphatic rings. The molecule has 0 N–H and O–H groups in total. The van der Waals surface area contributed by atoms with Crippen LogP contribution in [0.1, 0.15) is 257 Å². The normalized spacial score (nSPS) is 28.4. The van der Waals surface area contributed by atoms with E-state index in [0.717, 1.165) is 0 Å². The lowest BCUT2D eigenvalue weighted by molar-refractivity contribution is -0.926. The molecule has 0 aromatic rings. The Labute approximate surface area is 433 Å². The highest BCUT2D eigenvalue weighted by atomic mass is 31.2. The van der Waals surface area contributed by atoms with Gasteiger partial charge in [0.2, 0.25) is 0 Å². The monoisotopic (exact) mass is 1010 g/mol. The highest BCUT2D eigenvalue weighted by molar-refractivity contribution is 7.99. The van der Waals surface area contributed by atoms with Crippen molar-refractivity contribution in [1.29, 1.82) is 0 Å². The van der Waals surface area contributed by atoms with Crippen LogP contribution < -0.4 is 0 Å². The van der Waals surface area contributed by atoms with Gasteiger partial charge in [-0.3, -0.25) is 0 Å². The summed E-state index contributed by atoms with van der Waals surface area (Å²) in [5, 5.41) is 0. The van der Waals surface area contributed by atoms with Gasteiger partial charge >= 0.3 is 15.1 Å². The van der Waals surface area contributed by atoms with Gasteiger partial charge in [-0.25, -0.2) is 0 Å². The van der Waals surface area contributed by atoms with E-state index in [9.17, 15) is 0 Å². The first kappa shape index (κ1) is 54.8. The lowest BCUT2D eigenvalue weighted by Crippen LogP contribution is -2.86. The van der Waals surface area contributed by atoms with Gasteiger partial charge in [-0.15, -0.1) is 28.6 Å². The zero-order valence-corrected chi connectivity index (χ0v) is 46.8. The zero-order chi connectivity index (χ0) is 47.0. The summed E-state index contributed by atoms with van der Waals surface area (Å²) in [6, 6.07) is 0. The Kier molecular flexibility index (Phi) is 20.5. The van der Waals surface area contributed by atoms with Gasteiger partial charge in [-0.2, -0.15) is 0 Å². The fourth-order valence-electron chi connectivity index (χ4n) is 18.7. The van der Waals surface area contributed by atoms with E-state index in [1.807, 2.05) is 59.4 Å². The molecule has 1 heterocycles. The minimum Gasteiger partial charge on any atom is -0.620 e. The van der Waals surface area contributed by atoms with Crippen molar-refractivity contribution in [2.75, 3.05) is 50.8 Å². The minimum absolute atomic E-state index is 0.0222. The number of nitrogens with zero attached hydrogens (tertiary/aromatic N) is 2. The number of hydrogen-bond donors (Lipinski definition) is 0. The van der Waals surface area contributed by atoms with Crippen LogP contribution >= 0.6 is 28.6 Å². The molecule has 9 rings (SSSR count). The van der Waals surface area contributed by atoms with Crippen LogP contribution in [0.15, 0.2) is 0 Å². The van der Waals surface area contributed by atoms with Crippen LogP contribution in [0.2, 0.25) is 0 Å². The summed E-state index contributed by atoms with van der Waals surface area (Å²) >= 11 is 0. The molecule has 0 amide bonds. The number of rotatable bonds is 20. The molecule has 0 bridgehead atoms. The zero-order valence-electron chi connectivity index (χ0n) is 43.2. The molecular weight excluding hydrogens is 889 g/mol. The predicted octanol–water partition coefficient (Wildman–Crippen LogP) is 11.5. The fraction of sp³-hybridized carbons (Fsp3) is 1.00. The Morgan fingerprint density at radius 3 is 0.500 bits per heavy atom. The second kappa shape index (κ2) is 25.5. The number of hydrogen-bond acceptors (Lipinski definition) is 0. The summed E-state index contributed by atoms with van der Waals surface area (Å²) in [5.74, 6) is 0. The first-order chi connectivity index (χ1) is 33.1. The molecule has 0 atom stereocenters. The first-order valence-electron chi connectivity index (χ1n) is 30.9. The van der Waals surface area contributed by atoms with E-state index in [4.69, 9.17) is 0 Å². The lowest BCUT2D eigenvalue weighted by atomic mass is 9.62. The van der Waals surface area contributed by atoms with Gasteiger partial charge in [0.05, 0.1) is 24.6 Å². The van der Waals surface area contributed by atoms with Crippen molar-refractivity contribution in [3.63, 3.8) is 0 Å². The molecule has 8 saturated carbocycles. The summed E-state index contributed by atoms with van der Waals surface area (Å²) in [7, 11) is -0.894. The Morgan fingerprint density at radius 2 is 0.368 bits per heavy atom. The molecule has 392 valence electrons. The molecule has 0 aromatic heterocycles. The first-order valence-corrected chi connectivity index (χ1v) is 37.6. The predicted molar refractivity (Wildman–Crippen MR) is 339 cm³/mol. The molecule has 1 aliphatic heterocycles. The van der Waals surface area contributed by atoms with Crippen molar-refractivity contribution in [1.82, 2.24) is 0 Å². The summed E-state index contributed by atoms with van der Waals surface area (Å²) in [6.45, 7) is 7.38. The van der Waals surface area contributed by atoms with E-state index in [0.29, 0.717) is 30.3 Å². The van der Waals surface area contributed by atoms with Crippen molar-refractivity contribution in [2.24, 2.45) is 0 Å². The molecule has 0 spiro atoms. The molecule has 0 unspecified atom stereocenters. The van der Waals surface area contributed by atoms with Gasteiger partial charge in [0.15, 0.2) is 0 Å². The topological polar surface area (TPSA) is 0 Å². The third kappa shape index (κ3) is 12.9. The van der Waals surface area contributed by atoms with Crippen LogP contribution in [-0.4, -0.2) is 150 Å². The van der Waals surface area contributed by atoms with E-state index in [1.165, 1.54) is 45.3 Å². The molecule has 8 aliphatic carbocycles. The van der Waals surface area contributed by atoms with Crippen LogP contribution in [-0.2, 0) is 0 Å². The molecule has 68 heavy (non-hydrogen) atoms. The highest BCUT2D eigenvalue weighted by Gasteiger charge is 2.53. The Balaban J connectivity index is 1.05. The molecule has 12 heteroatoms. The van der Waals surface area contributed by atoms with Crippen molar-refractivity contribution < 1.29 is 8.61 Å². The Morgan fingerprint density at radius 1 is 0.235 bits per heavy atom. The van der Waals surface area contributed by atoms with E-state index in [-0.39, 0.29) is 15.1 Å². The average Bonchev–Trinajstić information content (AvgIpc) is 3.41. The van der Waals surface area contributed by atoms with Crippen LogP contribution in [0, 0.1) is 0 Å². The quantitative estimate of drug-likeness (QED) is 0.0842. The van der Waals surface area contributed by atoms with E-state index >= 15 is 0 Å². The standard InChI is InChI=1S/C56H120B6N2P4/c57-65(49-25-9-1-10-26-49,50-27-11-2-12-28-50)45-41-63(42-46-66(58,51-29-13-3-14-30-51)52-31-15-4-16-32-52)61-64(62-63,43-47-67(59,53-33-17-5-18-34-53)54-35-19-6-20-36-54)44-48-68(60,55-37-21-7-22-38-55)56-39-23-8-24-40-56/h49-56H,1-48,61-62H2,57-60H3. The SMILES string of the molecule is [BH3-][P+](CC[N+]1(CC[P+]([BH3-])(C2CCCCC2)C2CCCCC2)[BH2-][N+](CC[P+]([BH3-])(C2CCCCC2)C2CCCCC2)(CC[P+]([BH3-])(C2CCCCC2)C2CCCCC2)[BH2-]1)(C1CCCCC1)C1CCCCC1. The van der Waals surface area contributed by atoms with Gasteiger partial charge in [0.25, 0.3) is 0 Å². The smallest absolute Gasteiger partial charge is 0.312 e. The Hall–Kier alpha value is 2.03. The van der Waals surface area contributed by atoms with Crippen molar-refractivity contribution in [3.8, 4) is 0 Å². The van der Waals surface area contributed by atoms with E-state index < -0.39 is 28.6 Å². The Bertz CT molecular complexity index is 1210. The fourth-order valence-corrected chi connectivity index (χ4v) is 35.3. The highest BCUT2D eigenvalue weighted by Crippen LogP contribution is 2.73. The molecule has 9 fully saturated rings. The summed E-state index contributed by atoms with van der Waals surface area (Å²) in [4.78, 5) is 0. The lowest BCUT2D eigenvalue weighted by Gasteiger charge is -2.78. The number of quaternary nitrogens is 2. The maximum Gasteiger partial charge on any atom is 0.312 e. The average molecular weight is 1010 g/mol. The molecular formula is C56H120B6N2P4. The summed E-state index contributed by atoms with van der Waals surface area (Å²) < 4.78 is 3.95. The third-order valence-electron chi connectivity index (χ3n) is 22.1. The minimum atomic E-state index is -0.690. The second-order valence-electron chi connectivity index (χ2n) is 26.5. The van der Waals surface area contributed by atoms with Crippen LogP contribution in [0.3, 0.4) is 0 Å². The molecule has 0 aromatic carbocycles.